The van der Waals surface area contributed by atoms with Crippen molar-refractivity contribution in [2.45, 2.75) is 21.8 Å². The van der Waals surface area contributed by atoms with Gasteiger partial charge < -0.3 is 4.79 Å². The van der Waals surface area contributed by atoms with Gasteiger partial charge in [-0.2, -0.15) is 0 Å². The average molecular weight is 342 g/mol. The van der Waals surface area contributed by atoms with E-state index in [1.54, 1.807) is 6.08 Å². The van der Waals surface area contributed by atoms with Crippen LogP contribution in [0.25, 0.3) is 0 Å². The Labute approximate surface area is 76.9 Å². The van der Waals surface area contributed by atoms with E-state index in [0.717, 1.165) is 0 Å². The molecule has 8 heavy (non-hydrogen) atoms. The second-order valence-corrected chi connectivity index (χ2v) is 0.408. The van der Waals surface area contributed by atoms with Gasteiger partial charge in [0.25, 0.3) is 0 Å². The van der Waals surface area contributed by atoms with Crippen molar-refractivity contribution >= 4 is 6.79 Å². The molecule has 0 saturated heterocycles. The Morgan fingerprint density at radius 2 is 1.25 bits per heavy atom. The Balaban J connectivity index is -0.00000000567. The van der Waals surface area contributed by atoms with Gasteiger partial charge in [0.2, 0.25) is 0 Å². The molecule has 0 aliphatic rings. The van der Waals surface area contributed by atoms with Crippen LogP contribution in [0.3, 0.4) is 0 Å². The Bertz CT molecular complexity index is 22.5. The molecule has 50 valence electrons. The van der Waals surface area contributed by atoms with Crippen LogP contribution in [0, 0.1) is 31.1 Å². The third-order valence-corrected chi connectivity index (χ3v) is 0. The van der Waals surface area contributed by atoms with Crippen molar-refractivity contribution < 1.29 is 35.9 Å². The summed E-state index contributed by atoms with van der Waals surface area (Å²) >= 11 is 0. The van der Waals surface area contributed by atoms with Crippen molar-refractivity contribution in [3.63, 3.8) is 0 Å². The number of carbonyl (C=O) groups excluding carboxylic acids is 1. The maximum atomic E-state index is 8.00. The molecule has 0 aliphatic heterocycles. The number of allylic oxidation sites excluding steroid dienone is 1. The molecule has 0 radical (unpaired) electrons. The van der Waals surface area contributed by atoms with Gasteiger partial charge in [-0.05, 0) is 6.92 Å². The standard InChI is InChI=1S/C3H6.CH2O.2CH4.U/c1-3-2;1-2;;;/h3H,1H2,2H3;1H2;2*1H4;. The summed E-state index contributed by atoms with van der Waals surface area (Å²) in [4.78, 5) is 8.00. The monoisotopic (exact) mass is 342 g/mol. The minimum atomic E-state index is 0. The summed E-state index contributed by atoms with van der Waals surface area (Å²) in [6.45, 7) is 7.25. The first-order valence-corrected chi connectivity index (χ1v) is 1.27. The van der Waals surface area contributed by atoms with Crippen LogP contribution in [0.2, 0.25) is 0 Å². The van der Waals surface area contributed by atoms with Gasteiger partial charge >= 0.3 is 0 Å². The number of rotatable bonds is 0. The molecule has 0 aliphatic carbocycles. The Hall–Kier alpha value is 0.462. The van der Waals surface area contributed by atoms with Crippen LogP contribution < -0.4 is 0 Å². The third-order valence-electron chi connectivity index (χ3n) is 0. The fourth-order valence-electron chi connectivity index (χ4n) is 0. The molecular weight excluding hydrogens is 326 g/mol. The first-order chi connectivity index (χ1) is 2.41. The summed E-state index contributed by atoms with van der Waals surface area (Å²) in [6, 6.07) is 0. The molecule has 2 heteroatoms. The Kier molecular flexibility index (Phi) is 716. The smallest absolute Gasteiger partial charge is 0.106 e. The fourth-order valence-corrected chi connectivity index (χ4v) is 0. The quantitative estimate of drug-likeness (QED) is 0.618. The second kappa shape index (κ2) is 146. The van der Waals surface area contributed by atoms with Gasteiger partial charge in [0.15, 0.2) is 0 Å². The van der Waals surface area contributed by atoms with Crippen LogP contribution >= 0.6 is 0 Å². The summed E-state index contributed by atoms with van der Waals surface area (Å²) in [6.07, 6.45) is 1.75. The van der Waals surface area contributed by atoms with Gasteiger partial charge in [-0.3, -0.25) is 0 Å². The van der Waals surface area contributed by atoms with Gasteiger partial charge in [-0.1, -0.05) is 20.9 Å². The van der Waals surface area contributed by atoms with E-state index < -0.39 is 0 Å². The van der Waals surface area contributed by atoms with E-state index in [9.17, 15) is 0 Å². The normalized spacial score (nSPS) is 2.12. The zero-order valence-electron chi connectivity index (χ0n) is 3.90. The molecule has 0 bridgehead atoms. The van der Waals surface area contributed by atoms with E-state index in [0.29, 0.717) is 0 Å². The number of carbonyl (C=O) groups is 1. The van der Waals surface area contributed by atoms with E-state index in [4.69, 9.17) is 4.79 Å². The molecule has 0 saturated carbocycles. The molecule has 0 spiro atoms. The Morgan fingerprint density at radius 3 is 1.25 bits per heavy atom. The summed E-state index contributed by atoms with van der Waals surface area (Å²) in [5.74, 6) is 0. The topological polar surface area (TPSA) is 17.1 Å². The molecule has 1 nitrogen and oxygen atoms in total. The van der Waals surface area contributed by atoms with Crippen molar-refractivity contribution in [1.29, 1.82) is 0 Å². The first-order valence-electron chi connectivity index (χ1n) is 1.27. The van der Waals surface area contributed by atoms with Crippen LogP contribution in [-0.2, 0) is 4.79 Å². The minimum absolute atomic E-state index is 0. The average Bonchev–Trinajstić information content (AvgIpc) is 1.46. The fraction of sp³-hybridized carbons (Fsp3) is 0.500. The SMILES string of the molecule is C.C.C=CC.C=O.[U]. The molecule has 0 rings (SSSR count). The van der Waals surface area contributed by atoms with Gasteiger partial charge in [0, 0.05) is 31.1 Å². The molecule has 0 aromatic carbocycles. The molecular formula is C6H16OU. The summed E-state index contributed by atoms with van der Waals surface area (Å²) < 4.78 is 0. The summed E-state index contributed by atoms with van der Waals surface area (Å²) in [7, 11) is 0. The predicted octanol–water partition coefficient (Wildman–Crippen LogP) is 2.28. The molecule has 0 heterocycles. The van der Waals surface area contributed by atoms with E-state index in [-0.39, 0.29) is 46.0 Å². The molecule has 0 unspecified atom stereocenters. The molecule has 0 amide bonds. The molecule has 0 aromatic heterocycles. The van der Waals surface area contributed by atoms with Crippen molar-refractivity contribution in [3.05, 3.63) is 12.7 Å². The predicted molar refractivity (Wildman–Crippen MR) is 36.5 cm³/mol. The largest absolute Gasteiger partial charge is 0.307 e. The number of hydrogen-bond acceptors (Lipinski definition) is 1. The van der Waals surface area contributed by atoms with E-state index >= 15 is 0 Å². The maximum absolute atomic E-state index is 8.00. The van der Waals surface area contributed by atoms with Crippen LogP contribution in [0.4, 0.5) is 0 Å². The van der Waals surface area contributed by atoms with Crippen LogP contribution in [0.5, 0.6) is 0 Å². The molecule has 0 aromatic rings. The van der Waals surface area contributed by atoms with Gasteiger partial charge in [0.05, 0.1) is 0 Å². The molecule has 0 N–H and O–H groups in total. The first kappa shape index (κ1) is 39.3. The second-order valence-electron chi connectivity index (χ2n) is 0.408. The summed E-state index contributed by atoms with van der Waals surface area (Å²) in [5, 5.41) is 0. The van der Waals surface area contributed by atoms with Crippen molar-refractivity contribution in [2.75, 3.05) is 0 Å². The van der Waals surface area contributed by atoms with Crippen molar-refractivity contribution in [3.8, 4) is 0 Å². The van der Waals surface area contributed by atoms with E-state index in [1.165, 1.54) is 0 Å². The van der Waals surface area contributed by atoms with Gasteiger partial charge in [-0.25, -0.2) is 0 Å². The zero-order chi connectivity index (χ0) is 4.71. The minimum Gasteiger partial charge on any atom is -0.307 e. The van der Waals surface area contributed by atoms with E-state index in [1.807, 2.05) is 13.7 Å². The maximum Gasteiger partial charge on any atom is 0.106 e. The Morgan fingerprint density at radius 1 is 1.25 bits per heavy atom. The van der Waals surface area contributed by atoms with Gasteiger partial charge in [0.1, 0.15) is 6.79 Å². The number of hydrogen-bond donors (Lipinski definition) is 0. The zero-order valence-corrected chi connectivity index (χ0v) is 8.06. The third kappa shape index (κ3) is 903. The molecule has 0 fully saturated rings. The summed E-state index contributed by atoms with van der Waals surface area (Å²) in [5.41, 5.74) is 0. The van der Waals surface area contributed by atoms with Crippen LogP contribution in [-0.4, -0.2) is 6.79 Å². The van der Waals surface area contributed by atoms with Crippen LogP contribution in [0.1, 0.15) is 21.8 Å². The van der Waals surface area contributed by atoms with Crippen molar-refractivity contribution in [2.24, 2.45) is 0 Å². The van der Waals surface area contributed by atoms with Gasteiger partial charge in [-0.15, -0.1) is 6.58 Å². The molecule has 0 atom stereocenters. The van der Waals surface area contributed by atoms with Crippen molar-refractivity contribution in [1.82, 2.24) is 0 Å². The van der Waals surface area contributed by atoms with Crippen LogP contribution in [0.15, 0.2) is 12.7 Å². The van der Waals surface area contributed by atoms with E-state index in [2.05, 4.69) is 6.58 Å².